The summed E-state index contributed by atoms with van der Waals surface area (Å²) in [5.74, 6) is 3.22. The number of fused-ring (bicyclic) bond motifs is 2. The minimum Gasteiger partial charge on any atom is -0.345 e. The standard InChI is InChI=1S/C19H22N6/c1-2-10-17-22-23-19(25(17)11-5-1)16-9-6-12-24(16)18-13-20-14-7-3-4-8-15(14)21-18/h3-4,7-8,13,16H,1-2,5-6,9-12H2/t16-/m0/s1. The van der Waals surface area contributed by atoms with Crippen molar-refractivity contribution in [3.63, 3.8) is 0 Å². The molecule has 1 fully saturated rings. The summed E-state index contributed by atoms with van der Waals surface area (Å²) in [5, 5.41) is 9.07. The third-order valence-electron chi connectivity index (χ3n) is 5.42. The third kappa shape index (κ3) is 2.56. The molecule has 128 valence electrons. The van der Waals surface area contributed by atoms with Crippen LogP contribution in [0.15, 0.2) is 30.5 Å². The number of nitrogens with zero attached hydrogens (tertiary/aromatic N) is 6. The van der Waals surface area contributed by atoms with E-state index in [2.05, 4.69) is 24.6 Å². The molecule has 2 aliphatic heterocycles. The van der Waals surface area contributed by atoms with Gasteiger partial charge < -0.3 is 9.47 Å². The van der Waals surface area contributed by atoms with Gasteiger partial charge in [-0.05, 0) is 37.8 Å². The number of rotatable bonds is 2. The molecule has 6 heteroatoms. The zero-order valence-corrected chi connectivity index (χ0v) is 14.3. The van der Waals surface area contributed by atoms with Crippen LogP contribution in [0.2, 0.25) is 0 Å². The van der Waals surface area contributed by atoms with E-state index in [1.807, 2.05) is 30.5 Å². The number of hydrogen-bond donors (Lipinski definition) is 0. The number of benzene rings is 1. The molecular formula is C19H22N6. The van der Waals surface area contributed by atoms with Crippen molar-refractivity contribution < 1.29 is 0 Å². The molecule has 0 N–H and O–H groups in total. The molecule has 1 saturated heterocycles. The van der Waals surface area contributed by atoms with E-state index >= 15 is 0 Å². The fraction of sp³-hybridized carbons (Fsp3) is 0.474. The van der Waals surface area contributed by atoms with Crippen LogP contribution in [-0.2, 0) is 13.0 Å². The summed E-state index contributed by atoms with van der Waals surface area (Å²) < 4.78 is 2.37. The highest BCUT2D eigenvalue weighted by Gasteiger charge is 2.32. The topological polar surface area (TPSA) is 59.7 Å². The van der Waals surface area contributed by atoms with Gasteiger partial charge in [0, 0.05) is 19.5 Å². The maximum atomic E-state index is 4.85. The lowest BCUT2D eigenvalue weighted by molar-refractivity contribution is 0.558. The van der Waals surface area contributed by atoms with E-state index in [0.29, 0.717) is 0 Å². The molecule has 6 nitrogen and oxygen atoms in total. The first-order valence-corrected chi connectivity index (χ1v) is 9.30. The lowest BCUT2D eigenvalue weighted by Gasteiger charge is -2.25. The molecule has 0 saturated carbocycles. The molecule has 4 heterocycles. The van der Waals surface area contributed by atoms with Gasteiger partial charge in [-0.3, -0.25) is 4.98 Å². The van der Waals surface area contributed by atoms with Crippen molar-refractivity contribution in [2.24, 2.45) is 0 Å². The van der Waals surface area contributed by atoms with E-state index in [4.69, 9.17) is 4.98 Å². The molecule has 2 aliphatic rings. The van der Waals surface area contributed by atoms with Crippen LogP contribution in [-0.4, -0.2) is 31.3 Å². The zero-order valence-electron chi connectivity index (χ0n) is 14.3. The molecule has 0 aliphatic carbocycles. The lowest BCUT2D eigenvalue weighted by Crippen LogP contribution is -2.26. The second-order valence-corrected chi connectivity index (χ2v) is 7.01. The molecule has 3 aromatic rings. The van der Waals surface area contributed by atoms with Crippen molar-refractivity contribution >= 4 is 16.9 Å². The van der Waals surface area contributed by atoms with Crippen LogP contribution in [0.25, 0.3) is 11.0 Å². The molecule has 0 unspecified atom stereocenters. The van der Waals surface area contributed by atoms with E-state index in [-0.39, 0.29) is 6.04 Å². The first kappa shape index (κ1) is 14.8. The fourth-order valence-electron chi connectivity index (χ4n) is 4.15. The highest BCUT2D eigenvalue weighted by atomic mass is 15.3. The van der Waals surface area contributed by atoms with Crippen LogP contribution in [0, 0.1) is 0 Å². The van der Waals surface area contributed by atoms with Crippen molar-refractivity contribution in [2.45, 2.75) is 51.1 Å². The predicted octanol–water partition coefficient (Wildman–Crippen LogP) is 3.29. The van der Waals surface area contributed by atoms with Gasteiger partial charge in [-0.25, -0.2) is 4.98 Å². The lowest BCUT2D eigenvalue weighted by atomic mass is 10.2. The number of aromatic nitrogens is 5. The van der Waals surface area contributed by atoms with Crippen LogP contribution in [0.3, 0.4) is 0 Å². The van der Waals surface area contributed by atoms with Gasteiger partial charge in [-0.15, -0.1) is 10.2 Å². The Balaban J connectivity index is 1.52. The van der Waals surface area contributed by atoms with Crippen molar-refractivity contribution in [1.29, 1.82) is 0 Å². The Labute approximate surface area is 146 Å². The SMILES string of the molecule is c1ccc2nc(N3CCC[C@H]3c3nnc4n3CCCCC4)cnc2c1. The van der Waals surface area contributed by atoms with E-state index in [0.717, 1.165) is 60.9 Å². The maximum Gasteiger partial charge on any atom is 0.155 e. The summed E-state index contributed by atoms with van der Waals surface area (Å²) >= 11 is 0. The molecule has 1 atom stereocenters. The summed E-state index contributed by atoms with van der Waals surface area (Å²) in [7, 11) is 0. The van der Waals surface area contributed by atoms with Crippen molar-refractivity contribution in [1.82, 2.24) is 24.7 Å². The minimum atomic E-state index is 0.259. The Kier molecular flexibility index (Phi) is 3.61. The Morgan fingerprint density at radius 2 is 1.84 bits per heavy atom. The van der Waals surface area contributed by atoms with Crippen LogP contribution >= 0.6 is 0 Å². The highest BCUT2D eigenvalue weighted by Crippen LogP contribution is 2.35. The second kappa shape index (κ2) is 6.10. The molecule has 1 aromatic carbocycles. The van der Waals surface area contributed by atoms with Gasteiger partial charge in [0.25, 0.3) is 0 Å². The first-order chi connectivity index (χ1) is 12.4. The smallest absolute Gasteiger partial charge is 0.155 e. The predicted molar refractivity (Wildman–Crippen MR) is 96.4 cm³/mol. The quantitative estimate of drug-likeness (QED) is 0.720. The van der Waals surface area contributed by atoms with Gasteiger partial charge in [0.1, 0.15) is 11.6 Å². The molecule has 0 radical (unpaired) electrons. The first-order valence-electron chi connectivity index (χ1n) is 9.30. The van der Waals surface area contributed by atoms with E-state index < -0.39 is 0 Å². The normalized spacial score (nSPS) is 20.6. The largest absolute Gasteiger partial charge is 0.345 e. The Morgan fingerprint density at radius 3 is 2.80 bits per heavy atom. The van der Waals surface area contributed by atoms with Crippen molar-refractivity contribution in [3.8, 4) is 0 Å². The number of anilines is 1. The highest BCUT2D eigenvalue weighted by molar-refractivity contribution is 5.75. The molecule has 25 heavy (non-hydrogen) atoms. The average Bonchev–Trinajstić information content (AvgIpc) is 3.22. The summed E-state index contributed by atoms with van der Waals surface area (Å²) in [6.45, 7) is 2.05. The van der Waals surface area contributed by atoms with Crippen LogP contribution in [0.5, 0.6) is 0 Å². The molecular weight excluding hydrogens is 312 g/mol. The summed E-state index contributed by atoms with van der Waals surface area (Å²) in [6, 6.07) is 8.31. The number of hydrogen-bond acceptors (Lipinski definition) is 5. The molecule has 0 amide bonds. The third-order valence-corrected chi connectivity index (χ3v) is 5.42. The Bertz CT molecular complexity index is 902. The van der Waals surface area contributed by atoms with Gasteiger partial charge in [0.2, 0.25) is 0 Å². The number of para-hydroxylation sites is 2. The van der Waals surface area contributed by atoms with Crippen molar-refractivity contribution in [2.75, 3.05) is 11.4 Å². The Morgan fingerprint density at radius 1 is 0.920 bits per heavy atom. The van der Waals surface area contributed by atoms with Gasteiger partial charge in [0.15, 0.2) is 5.82 Å². The van der Waals surface area contributed by atoms with Crippen LogP contribution < -0.4 is 4.90 Å². The van der Waals surface area contributed by atoms with Crippen molar-refractivity contribution in [3.05, 3.63) is 42.1 Å². The molecule has 5 rings (SSSR count). The molecule has 2 aromatic heterocycles. The summed E-state index contributed by atoms with van der Waals surface area (Å²) in [5.41, 5.74) is 1.89. The van der Waals surface area contributed by atoms with E-state index in [9.17, 15) is 0 Å². The van der Waals surface area contributed by atoms with Crippen LogP contribution in [0.1, 0.15) is 49.8 Å². The average molecular weight is 334 g/mol. The molecule has 0 bridgehead atoms. The fourth-order valence-corrected chi connectivity index (χ4v) is 4.15. The minimum absolute atomic E-state index is 0.259. The maximum absolute atomic E-state index is 4.85. The van der Waals surface area contributed by atoms with Gasteiger partial charge in [0.05, 0.1) is 23.3 Å². The van der Waals surface area contributed by atoms with Crippen LogP contribution in [0.4, 0.5) is 5.82 Å². The van der Waals surface area contributed by atoms with E-state index in [1.165, 1.54) is 19.3 Å². The summed E-state index contributed by atoms with van der Waals surface area (Å²) in [4.78, 5) is 11.8. The Hall–Kier alpha value is -2.50. The van der Waals surface area contributed by atoms with Gasteiger partial charge >= 0.3 is 0 Å². The van der Waals surface area contributed by atoms with Gasteiger partial charge in [-0.2, -0.15) is 0 Å². The summed E-state index contributed by atoms with van der Waals surface area (Å²) in [6.07, 6.45) is 8.94. The van der Waals surface area contributed by atoms with Gasteiger partial charge in [-0.1, -0.05) is 18.6 Å². The monoisotopic (exact) mass is 334 g/mol. The zero-order chi connectivity index (χ0) is 16.6. The second-order valence-electron chi connectivity index (χ2n) is 7.01. The molecule has 0 spiro atoms. The number of aryl methyl sites for hydroxylation is 1. The van der Waals surface area contributed by atoms with E-state index in [1.54, 1.807) is 0 Å².